The molecule has 0 radical (unpaired) electrons. The number of ether oxygens (including phenoxy) is 1. The van der Waals surface area contributed by atoms with Crippen LogP contribution in [0.15, 0.2) is 24.3 Å². The lowest BCUT2D eigenvalue weighted by atomic mass is 10.2. The molecule has 0 aliphatic rings. The second-order valence-corrected chi connectivity index (χ2v) is 4.24. The van der Waals surface area contributed by atoms with E-state index in [0.29, 0.717) is 23.1 Å². The number of nitrogen functional groups attached to an aromatic ring is 1. The summed E-state index contributed by atoms with van der Waals surface area (Å²) in [6.45, 7) is 2.12. The number of rotatable bonds is 5. The number of aryl methyl sites for hydroxylation is 1. The second kappa shape index (κ2) is 6.27. The molecule has 4 N–H and O–H groups in total. The van der Waals surface area contributed by atoms with Crippen molar-refractivity contribution in [1.82, 2.24) is 9.97 Å². The molecule has 0 spiro atoms. The maximum Gasteiger partial charge on any atom is 0.158 e. The van der Waals surface area contributed by atoms with E-state index in [-0.39, 0.29) is 12.4 Å². The summed E-state index contributed by atoms with van der Waals surface area (Å²) in [5.74, 6) is 6.29. The van der Waals surface area contributed by atoms with E-state index in [1.165, 1.54) is 6.07 Å². The van der Waals surface area contributed by atoms with E-state index in [9.17, 15) is 4.39 Å². The average molecular weight is 277 g/mol. The Hall–Kier alpha value is -2.25. The number of anilines is 3. The molecule has 0 aliphatic carbocycles. The molecule has 0 saturated heterocycles. The number of nitrogens with one attached hydrogen (secondary N) is 2. The van der Waals surface area contributed by atoms with Crippen LogP contribution in [-0.4, -0.2) is 17.1 Å². The summed E-state index contributed by atoms with van der Waals surface area (Å²) in [5, 5.41) is 2.91. The minimum atomic E-state index is -0.357. The molecule has 0 amide bonds. The van der Waals surface area contributed by atoms with E-state index in [2.05, 4.69) is 20.7 Å². The maximum absolute atomic E-state index is 13.7. The van der Waals surface area contributed by atoms with E-state index in [0.717, 1.165) is 5.56 Å². The Kier molecular flexibility index (Phi) is 4.44. The van der Waals surface area contributed by atoms with Crippen molar-refractivity contribution in [3.05, 3.63) is 41.5 Å². The summed E-state index contributed by atoms with van der Waals surface area (Å²) < 4.78 is 18.7. The topological polar surface area (TPSA) is 85.1 Å². The van der Waals surface area contributed by atoms with E-state index >= 15 is 0 Å². The van der Waals surface area contributed by atoms with Gasteiger partial charge in [0, 0.05) is 13.2 Å². The highest BCUT2D eigenvalue weighted by Gasteiger charge is 2.07. The van der Waals surface area contributed by atoms with Gasteiger partial charge >= 0.3 is 0 Å². The molecule has 106 valence electrons. The SMILES string of the molecule is COCc1nc(NN)cc(Nc2cc(C)ccc2F)n1. The first kappa shape index (κ1) is 14.2. The third-order valence-corrected chi connectivity index (χ3v) is 2.58. The Morgan fingerprint density at radius 3 is 2.70 bits per heavy atom. The molecule has 7 heteroatoms. The predicted octanol–water partition coefficient (Wildman–Crippen LogP) is 2.10. The number of benzene rings is 1. The van der Waals surface area contributed by atoms with Crippen molar-refractivity contribution in [3.63, 3.8) is 0 Å². The summed E-state index contributed by atoms with van der Waals surface area (Å²) in [5.41, 5.74) is 3.72. The van der Waals surface area contributed by atoms with Crippen LogP contribution in [0.4, 0.5) is 21.7 Å². The largest absolute Gasteiger partial charge is 0.377 e. The van der Waals surface area contributed by atoms with Gasteiger partial charge in [-0.15, -0.1) is 0 Å². The summed E-state index contributed by atoms with van der Waals surface area (Å²) in [7, 11) is 1.54. The Morgan fingerprint density at radius 2 is 2.00 bits per heavy atom. The summed E-state index contributed by atoms with van der Waals surface area (Å²) in [6.07, 6.45) is 0. The number of nitrogens with two attached hydrogens (primary N) is 1. The fourth-order valence-corrected chi connectivity index (χ4v) is 1.70. The minimum absolute atomic E-state index is 0.237. The lowest BCUT2D eigenvalue weighted by Crippen LogP contribution is -2.12. The number of nitrogens with zero attached hydrogens (tertiary/aromatic N) is 2. The van der Waals surface area contributed by atoms with Gasteiger partial charge in [0.2, 0.25) is 0 Å². The standard InChI is InChI=1S/C13H16FN5O/c1-8-3-4-9(14)10(5-8)16-11-6-12(19-15)18-13(17-11)7-20-2/h3-6H,7,15H2,1-2H3,(H2,16,17,18,19). The Labute approximate surface area is 116 Å². The molecule has 0 atom stereocenters. The summed E-state index contributed by atoms with van der Waals surface area (Å²) in [6, 6.07) is 6.38. The molecular formula is C13H16FN5O. The molecule has 0 saturated carbocycles. The lowest BCUT2D eigenvalue weighted by Gasteiger charge is -2.10. The van der Waals surface area contributed by atoms with Crippen molar-refractivity contribution in [2.75, 3.05) is 17.9 Å². The minimum Gasteiger partial charge on any atom is -0.377 e. The molecule has 0 fully saturated rings. The van der Waals surface area contributed by atoms with Gasteiger partial charge in [0.1, 0.15) is 24.1 Å². The molecule has 1 aromatic heterocycles. The normalized spacial score (nSPS) is 10.4. The van der Waals surface area contributed by atoms with E-state index in [4.69, 9.17) is 10.6 Å². The first-order chi connectivity index (χ1) is 9.62. The van der Waals surface area contributed by atoms with Crippen LogP contribution in [0.3, 0.4) is 0 Å². The van der Waals surface area contributed by atoms with Crippen LogP contribution in [0.2, 0.25) is 0 Å². The van der Waals surface area contributed by atoms with Crippen molar-refractivity contribution in [1.29, 1.82) is 0 Å². The van der Waals surface area contributed by atoms with Crippen molar-refractivity contribution in [2.24, 2.45) is 5.84 Å². The third kappa shape index (κ3) is 3.40. The number of aromatic nitrogens is 2. The fourth-order valence-electron chi connectivity index (χ4n) is 1.70. The number of hydrogen-bond acceptors (Lipinski definition) is 6. The van der Waals surface area contributed by atoms with Crippen molar-refractivity contribution < 1.29 is 9.13 Å². The quantitative estimate of drug-likeness (QED) is 0.573. The molecule has 6 nitrogen and oxygen atoms in total. The lowest BCUT2D eigenvalue weighted by molar-refractivity contribution is 0.178. The molecule has 2 rings (SSSR count). The van der Waals surface area contributed by atoms with Crippen LogP contribution in [-0.2, 0) is 11.3 Å². The number of halogens is 1. The van der Waals surface area contributed by atoms with Gasteiger partial charge in [-0.2, -0.15) is 0 Å². The highest BCUT2D eigenvalue weighted by molar-refractivity contribution is 5.60. The van der Waals surface area contributed by atoms with Gasteiger partial charge in [-0.25, -0.2) is 20.2 Å². The predicted molar refractivity (Wildman–Crippen MR) is 75.0 cm³/mol. The van der Waals surface area contributed by atoms with Crippen LogP contribution in [0.1, 0.15) is 11.4 Å². The highest BCUT2D eigenvalue weighted by atomic mass is 19.1. The molecule has 0 bridgehead atoms. The summed E-state index contributed by atoms with van der Waals surface area (Å²) in [4.78, 5) is 8.34. The molecule has 0 unspecified atom stereocenters. The monoisotopic (exact) mass is 277 g/mol. The zero-order valence-corrected chi connectivity index (χ0v) is 11.3. The van der Waals surface area contributed by atoms with E-state index < -0.39 is 0 Å². The first-order valence-electron chi connectivity index (χ1n) is 5.99. The molecule has 2 aromatic rings. The van der Waals surface area contributed by atoms with Gasteiger partial charge in [0.15, 0.2) is 5.82 Å². The van der Waals surface area contributed by atoms with Gasteiger partial charge in [0.25, 0.3) is 0 Å². The van der Waals surface area contributed by atoms with Crippen LogP contribution in [0.5, 0.6) is 0 Å². The Morgan fingerprint density at radius 1 is 1.25 bits per heavy atom. The van der Waals surface area contributed by atoms with Gasteiger partial charge in [-0.05, 0) is 24.6 Å². The van der Waals surface area contributed by atoms with Gasteiger partial charge in [-0.1, -0.05) is 6.07 Å². The van der Waals surface area contributed by atoms with Gasteiger partial charge in [0.05, 0.1) is 5.69 Å². The Balaban J connectivity index is 2.32. The molecule has 20 heavy (non-hydrogen) atoms. The molecular weight excluding hydrogens is 261 g/mol. The Bertz CT molecular complexity index is 605. The van der Waals surface area contributed by atoms with Gasteiger partial charge in [-0.3, -0.25) is 0 Å². The van der Waals surface area contributed by atoms with Crippen molar-refractivity contribution in [3.8, 4) is 0 Å². The van der Waals surface area contributed by atoms with Crippen molar-refractivity contribution in [2.45, 2.75) is 13.5 Å². The van der Waals surface area contributed by atoms with E-state index in [1.807, 2.05) is 6.92 Å². The van der Waals surface area contributed by atoms with E-state index in [1.54, 1.807) is 25.3 Å². The maximum atomic E-state index is 13.7. The zero-order chi connectivity index (χ0) is 14.5. The average Bonchev–Trinajstić information content (AvgIpc) is 2.43. The first-order valence-corrected chi connectivity index (χ1v) is 5.99. The van der Waals surface area contributed by atoms with Gasteiger partial charge < -0.3 is 15.5 Å². The third-order valence-electron chi connectivity index (χ3n) is 2.58. The van der Waals surface area contributed by atoms with Crippen LogP contribution in [0.25, 0.3) is 0 Å². The number of hydrazine groups is 1. The number of methoxy groups -OCH3 is 1. The molecule has 0 aliphatic heterocycles. The summed E-state index contributed by atoms with van der Waals surface area (Å²) >= 11 is 0. The number of hydrogen-bond donors (Lipinski definition) is 3. The zero-order valence-electron chi connectivity index (χ0n) is 11.3. The second-order valence-electron chi connectivity index (χ2n) is 4.24. The smallest absolute Gasteiger partial charge is 0.158 e. The van der Waals surface area contributed by atoms with Crippen LogP contribution in [0, 0.1) is 12.7 Å². The molecule has 1 heterocycles. The molecule has 1 aromatic carbocycles. The van der Waals surface area contributed by atoms with Crippen LogP contribution >= 0.6 is 0 Å². The highest BCUT2D eigenvalue weighted by Crippen LogP contribution is 2.21. The fraction of sp³-hybridized carbons (Fsp3) is 0.231. The van der Waals surface area contributed by atoms with Crippen LogP contribution < -0.4 is 16.6 Å². The van der Waals surface area contributed by atoms with Crippen molar-refractivity contribution >= 4 is 17.3 Å².